The van der Waals surface area contributed by atoms with Gasteiger partial charge in [0.05, 0.1) is 6.61 Å². The van der Waals surface area contributed by atoms with Gasteiger partial charge in [-0.15, -0.1) is 0 Å². The molecule has 3 atom stereocenters. The third-order valence-electron chi connectivity index (χ3n) is 4.11. The van der Waals surface area contributed by atoms with Gasteiger partial charge in [-0.05, 0) is 24.7 Å². The third kappa shape index (κ3) is 2.19. The first-order valence-electron chi connectivity index (χ1n) is 5.93. The van der Waals surface area contributed by atoms with Gasteiger partial charge >= 0.3 is 0 Å². The molecule has 0 saturated heterocycles. The Labute approximate surface area is 92.4 Å². The summed E-state index contributed by atoms with van der Waals surface area (Å²) in [7, 11) is 1.65. The second-order valence-corrected chi connectivity index (χ2v) is 4.84. The second-order valence-electron chi connectivity index (χ2n) is 4.84. The van der Waals surface area contributed by atoms with E-state index >= 15 is 0 Å². The normalized spacial score (nSPS) is 39.8. The van der Waals surface area contributed by atoms with Crippen LogP contribution in [0.3, 0.4) is 0 Å². The fourth-order valence-corrected chi connectivity index (χ4v) is 3.18. The van der Waals surface area contributed by atoms with Crippen LogP contribution in [-0.2, 0) is 4.74 Å². The molecule has 3 unspecified atom stereocenters. The average Bonchev–Trinajstić information content (AvgIpc) is 2.38. The zero-order chi connectivity index (χ0) is 11.5. The van der Waals surface area contributed by atoms with E-state index in [9.17, 15) is 10.2 Å². The lowest BCUT2D eigenvalue weighted by molar-refractivity contribution is -0.175. The van der Waals surface area contributed by atoms with Crippen LogP contribution in [0.2, 0.25) is 0 Å². The van der Waals surface area contributed by atoms with Gasteiger partial charge in [0.15, 0.2) is 0 Å². The molecule has 0 radical (unpaired) electrons. The Morgan fingerprint density at radius 3 is 2.07 bits per heavy atom. The molecule has 0 spiro atoms. The molecule has 1 saturated carbocycles. The summed E-state index contributed by atoms with van der Waals surface area (Å²) in [6.45, 7) is 4.01. The second kappa shape index (κ2) is 5.28. The van der Waals surface area contributed by atoms with Crippen molar-refractivity contribution in [1.82, 2.24) is 0 Å². The summed E-state index contributed by atoms with van der Waals surface area (Å²) in [5, 5.41) is 19.2. The Morgan fingerprint density at radius 2 is 1.73 bits per heavy atom. The summed E-state index contributed by atoms with van der Waals surface area (Å²) in [4.78, 5) is 0. The molecular formula is C12H24O3. The maximum atomic E-state index is 10.0. The van der Waals surface area contributed by atoms with Gasteiger partial charge in [0.1, 0.15) is 11.7 Å². The standard InChI is InChI=1S/C12H24O3/c1-9-6-4-5-7-10(2)12(9,15-3)11(14)8-13/h9-11,13-14H,4-8H2,1-3H3. The summed E-state index contributed by atoms with van der Waals surface area (Å²) in [5.74, 6) is 0.587. The van der Waals surface area contributed by atoms with Gasteiger partial charge in [0.25, 0.3) is 0 Å². The number of aliphatic hydroxyl groups excluding tert-OH is 2. The van der Waals surface area contributed by atoms with Gasteiger partial charge in [-0.25, -0.2) is 0 Å². The van der Waals surface area contributed by atoms with E-state index < -0.39 is 11.7 Å². The smallest absolute Gasteiger partial charge is 0.106 e. The van der Waals surface area contributed by atoms with Crippen molar-refractivity contribution in [2.45, 2.75) is 51.2 Å². The Kier molecular flexibility index (Phi) is 4.56. The third-order valence-corrected chi connectivity index (χ3v) is 4.11. The summed E-state index contributed by atoms with van der Waals surface area (Å²) < 4.78 is 5.63. The van der Waals surface area contributed by atoms with Gasteiger partial charge in [0, 0.05) is 7.11 Å². The largest absolute Gasteiger partial charge is 0.394 e. The van der Waals surface area contributed by atoms with Crippen molar-refractivity contribution in [3.05, 3.63) is 0 Å². The predicted molar refractivity (Wildman–Crippen MR) is 59.6 cm³/mol. The summed E-state index contributed by atoms with van der Waals surface area (Å²) in [6, 6.07) is 0. The van der Waals surface area contributed by atoms with E-state index in [1.807, 2.05) is 0 Å². The lowest BCUT2D eigenvalue weighted by atomic mass is 9.73. The van der Waals surface area contributed by atoms with Crippen molar-refractivity contribution >= 4 is 0 Å². The van der Waals surface area contributed by atoms with Gasteiger partial charge in [-0.2, -0.15) is 0 Å². The highest BCUT2D eigenvalue weighted by molar-refractivity contribution is 4.98. The van der Waals surface area contributed by atoms with E-state index in [2.05, 4.69) is 13.8 Å². The van der Waals surface area contributed by atoms with Crippen LogP contribution in [-0.4, -0.2) is 35.6 Å². The van der Waals surface area contributed by atoms with Crippen molar-refractivity contribution in [3.63, 3.8) is 0 Å². The molecule has 2 N–H and O–H groups in total. The van der Waals surface area contributed by atoms with Crippen LogP contribution in [0.25, 0.3) is 0 Å². The highest BCUT2D eigenvalue weighted by Crippen LogP contribution is 2.41. The molecule has 0 aromatic carbocycles. The zero-order valence-corrected chi connectivity index (χ0v) is 10.1. The van der Waals surface area contributed by atoms with Crippen LogP contribution in [0.4, 0.5) is 0 Å². The number of methoxy groups -OCH3 is 1. The monoisotopic (exact) mass is 216 g/mol. The molecule has 1 rings (SSSR count). The van der Waals surface area contributed by atoms with Crippen LogP contribution < -0.4 is 0 Å². The topological polar surface area (TPSA) is 49.7 Å². The van der Waals surface area contributed by atoms with Crippen LogP contribution in [0.1, 0.15) is 39.5 Å². The van der Waals surface area contributed by atoms with E-state index in [0.717, 1.165) is 12.8 Å². The Morgan fingerprint density at radius 1 is 1.27 bits per heavy atom. The number of hydrogen-bond acceptors (Lipinski definition) is 3. The fourth-order valence-electron chi connectivity index (χ4n) is 3.18. The molecule has 1 aliphatic rings. The molecule has 0 bridgehead atoms. The quantitative estimate of drug-likeness (QED) is 0.704. The highest BCUT2D eigenvalue weighted by atomic mass is 16.5. The molecule has 0 aromatic heterocycles. The van der Waals surface area contributed by atoms with Crippen LogP contribution in [0.15, 0.2) is 0 Å². The molecule has 0 amide bonds. The molecule has 1 fully saturated rings. The van der Waals surface area contributed by atoms with Gasteiger partial charge in [-0.1, -0.05) is 26.7 Å². The van der Waals surface area contributed by atoms with Crippen molar-refractivity contribution in [1.29, 1.82) is 0 Å². The first kappa shape index (κ1) is 12.9. The van der Waals surface area contributed by atoms with Crippen molar-refractivity contribution in [3.8, 4) is 0 Å². The average molecular weight is 216 g/mol. The maximum absolute atomic E-state index is 10.0. The Balaban J connectivity index is 2.97. The van der Waals surface area contributed by atoms with Crippen LogP contribution in [0.5, 0.6) is 0 Å². The highest BCUT2D eigenvalue weighted by Gasteiger charge is 2.47. The van der Waals surface area contributed by atoms with Crippen molar-refractivity contribution < 1.29 is 14.9 Å². The Bertz CT molecular complexity index is 181. The number of ether oxygens (including phenoxy) is 1. The van der Waals surface area contributed by atoms with Gasteiger partial charge in [0.2, 0.25) is 0 Å². The number of rotatable bonds is 3. The molecule has 0 heterocycles. The van der Waals surface area contributed by atoms with Crippen molar-refractivity contribution in [2.24, 2.45) is 11.8 Å². The Hall–Kier alpha value is -0.120. The van der Waals surface area contributed by atoms with Gasteiger partial charge in [-0.3, -0.25) is 0 Å². The molecular weight excluding hydrogens is 192 g/mol. The minimum Gasteiger partial charge on any atom is -0.394 e. The number of aliphatic hydroxyl groups is 2. The molecule has 3 nitrogen and oxygen atoms in total. The van der Waals surface area contributed by atoms with Crippen LogP contribution >= 0.6 is 0 Å². The van der Waals surface area contributed by atoms with E-state index in [0.29, 0.717) is 11.8 Å². The fraction of sp³-hybridized carbons (Fsp3) is 1.00. The predicted octanol–water partition coefficient (Wildman–Crippen LogP) is 1.57. The van der Waals surface area contributed by atoms with E-state index in [4.69, 9.17) is 4.74 Å². The molecule has 90 valence electrons. The first-order valence-corrected chi connectivity index (χ1v) is 5.93. The van der Waals surface area contributed by atoms with Crippen molar-refractivity contribution in [2.75, 3.05) is 13.7 Å². The summed E-state index contributed by atoms with van der Waals surface area (Å²) in [6.07, 6.45) is 3.74. The van der Waals surface area contributed by atoms with Gasteiger partial charge < -0.3 is 14.9 Å². The van der Waals surface area contributed by atoms with E-state index in [1.54, 1.807) is 7.11 Å². The molecule has 0 aromatic rings. The molecule has 1 aliphatic carbocycles. The van der Waals surface area contributed by atoms with E-state index in [1.165, 1.54) is 12.8 Å². The summed E-state index contributed by atoms with van der Waals surface area (Å²) in [5.41, 5.74) is -0.564. The maximum Gasteiger partial charge on any atom is 0.106 e. The lowest BCUT2D eigenvalue weighted by Gasteiger charge is -2.44. The van der Waals surface area contributed by atoms with Crippen LogP contribution in [0, 0.1) is 11.8 Å². The summed E-state index contributed by atoms with van der Waals surface area (Å²) >= 11 is 0. The molecule has 0 aliphatic heterocycles. The molecule has 3 heteroatoms. The zero-order valence-electron chi connectivity index (χ0n) is 10.1. The lowest BCUT2D eigenvalue weighted by Crippen LogP contribution is -2.55. The minimum atomic E-state index is -0.773. The van der Waals surface area contributed by atoms with E-state index in [-0.39, 0.29) is 6.61 Å². The number of hydrogen-bond donors (Lipinski definition) is 2. The molecule has 15 heavy (non-hydrogen) atoms. The SMILES string of the molecule is COC1(C(O)CO)C(C)CCCCC1C. The first-order chi connectivity index (χ1) is 7.09. The minimum absolute atomic E-state index is 0.220.